The third-order valence-electron chi connectivity index (χ3n) is 5.64. The van der Waals surface area contributed by atoms with Gasteiger partial charge in [0.2, 0.25) is 12.7 Å². The van der Waals surface area contributed by atoms with E-state index in [0.29, 0.717) is 31.1 Å². The van der Waals surface area contributed by atoms with Crippen LogP contribution in [0.25, 0.3) is 0 Å². The van der Waals surface area contributed by atoms with Crippen LogP contribution in [0, 0.1) is 0 Å². The number of para-hydroxylation sites is 1. The van der Waals surface area contributed by atoms with Crippen molar-refractivity contribution in [3.8, 4) is 11.5 Å². The summed E-state index contributed by atoms with van der Waals surface area (Å²) in [5, 5.41) is 0. The summed E-state index contributed by atoms with van der Waals surface area (Å²) in [4.78, 5) is 31.4. The molecule has 0 spiro atoms. The predicted octanol–water partition coefficient (Wildman–Crippen LogP) is 3.89. The van der Waals surface area contributed by atoms with Crippen LogP contribution in [-0.4, -0.2) is 43.3 Å². The van der Waals surface area contributed by atoms with Gasteiger partial charge < -0.3 is 19.3 Å². The van der Waals surface area contributed by atoms with Crippen LogP contribution in [0.4, 0.5) is 16.2 Å². The lowest BCUT2D eigenvalue weighted by Gasteiger charge is -2.26. The molecule has 2 heterocycles. The Labute approximate surface area is 186 Å². The molecule has 0 saturated carbocycles. The molecule has 3 aromatic carbocycles. The van der Waals surface area contributed by atoms with Crippen LogP contribution in [-0.2, 0) is 11.3 Å². The minimum atomic E-state index is -0.190. The number of urea groups is 1. The van der Waals surface area contributed by atoms with Gasteiger partial charge in [-0.2, -0.15) is 0 Å². The maximum Gasteiger partial charge on any atom is 0.325 e. The van der Waals surface area contributed by atoms with E-state index in [9.17, 15) is 9.59 Å². The van der Waals surface area contributed by atoms with Crippen molar-refractivity contribution in [3.63, 3.8) is 0 Å². The Balaban J connectivity index is 1.31. The molecule has 0 bridgehead atoms. The first-order chi connectivity index (χ1) is 15.7. The van der Waals surface area contributed by atoms with E-state index in [-0.39, 0.29) is 25.3 Å². The summed E-state index contributed by atoms with van der Waals surface area (Å²) < 4.78 is 10.8. The first kappa shape index (κ1) is 19.9. The topological polar surface area (TPSA) is 62.3 Å². The molecule has 162 valence electrons. The Bertz CT molecular complexity index is 1120. The van der Waals surface area contributed by atoms with E-state index < -0.39 is 0 Å². The second-order valence-electron chi connectivity index (χ2n) is 7.69. The summed E-state index contributed by atoms with van der Waals surface area (Å²) in [5.74, 6) is 1.18. The summed E-state index contributed by atoms with van der Waals surface area (Å²) in [6, 6.07) is 24.6. The quantitative estimate of drug-likeness (QED) is 0.597. The van der Waals surface area contributed by atoms with E-state index in [4.69, 9.17) is 9.47 Å². The highest BCUT2D eigenvalue weighted by Gasteiger charge is 2.33. The van der Waals surface area contributed by atoms with E-state index >= 15 is 0 Å². The normalized spacial score (nSPS) is 14.7. The minimum Gasteiger partial charge on any atom is -0.454 e. The van der Waals surface area contributed by atoms with E-state index in [2.05, 4.69) is 0 Å². The molecule has 32 heavy (non-hydrogen) atoms. The Morgan fingerprint density at radius 2 is 1.59 bits per heavy atom. The molecule has 0 aromatic heterocycles. The zero-order valence-corrected chi connectivity index (χ0v) is 17.5. The number of carbonyl (C=O) groups excluding carboxylic acids is 2. The molecule has 0 N–H and O–H groups in total. The van der Waals surface area contributed by atoms with Gasteiger partial charge in [-0.25, -0.2) is 4.79 Å². The SMILES string of the molecule is O=C(CN1CCN(c2ccc3c(c2)OCO3)C1=O)N(Cc1ccccc1)c1ccccc1. The zero-order valence-electron chi connectivity index (χ0n) is 17.5. The summed E-state index contributed by atoms with van der Waals surface area (Å²) >= 11 is 0. The summed E-state index contributed by atoms with van der Waals surface area (Å²) in [5.41, 5.74) is 2.57. The molecule has 0 radical (unpaired) electrons. The molecule has 0 unspecified atom stereocenters. The van der Waals surface area contributed by atoms with Gasteiger partial charge in [0.05, 0.1) is 6.54 Å². The Morgan fingerprint density at radius 1 is 0.875 bits per heavy atom. The lowest BCUT2D eigenvalue weighted by atomic mass is 10.2. The van der Waals surface area contributed by atoms with Crippen molar-refractivity contribution in [2.75, 3.05) is 36.2 Å². The van der Waals surface area contributed by atoms with E-state index in [1.54, 1.807) is 26.8 Å². The molecule has 7 nitrogen and oxygen atoms in total. The maximum absolute atomic E-state index is 13.3. The van der Waals surface area contributed by atoms with Crippen molar-refractivity contribution >= 4 is 23.3 Å². The van der Waals surface area contributed by atoms with Gasteiger partial charge in [-0.1, -0.05) is 48.5 Å². The van der Waals surface area contributed by atoms with E-state index in [1.165, 1.54) is 0 Å². The van der Waals surface area contributed by atoms with E-state index in [0.717, 1.165) is 16.9 Å². The van der Waals surface area contributed by atoms with Crippen LogP contribution in [0.3, 0.4) is 0 Å². The number of hydrogen-bond acceptors (Lipinski definition) is 4. The third kappa shape index (κ3) is 3.97. The van der Waals surface area contributed by atoms with Gasteiger partial charge in [-0.3, -0.25) is 9.69 Å². The highest BCUT2D eigenvalue weighted by molar-refractivity contribution is 6.00. The second kappa shape index (κ2) is 8.63. The molecule has 3 amide bonds. The first-order valence-electron chi connectivity index (χ1n) is 10.5. The van der Waals surface area contributed by atoms with Gasteiger partial charge in [0.1, 0.15) is 6.54 Å². The van der Waals surface area contributed by atoms with Gasteiger partial charge in [0, 0.05) is 30.5 Å². The Morgan fingerprint density at radius 3 is 2.38 bits per heavy atom. The smallest absolute Gasteiger partial charge is 0.325 e. The van der Waals surface area contributed by atoms with Crippen LogP contribution in [0.1, 0.15) is 5.56 Å². The molecule has 5 rings (SSSR count). The van der Waals surface area contributed by atoms with Gasteiger partial charge in [-0.05, 0) is 29.8 Å². The van der Waals surface area contributed by atoms with E-state index in [1.807, 2.05) is 66.7 Å². The fourth-order valence-electron chi connectivity index (χ4n) is 3.97. The van der Waals surface area contributed by atoms with Crippen molar-refractivity contribution in [1.82, 2.24) is 4.90 Å². The van der Waals surface area contributed by atoms with Crippen LogP contribution < -0.4 is 19.3 Å². The maximum atomic E-state index is 13.3. The van der Waals surface area contributed by atoms with Crippen molar-refractivity contribution in [1.29, 1.82) is 0 Å². The number of fused-ring (bicyclic) bond motifs is 1. The molecule has 2 aliphatic rings. The molecule has 0 aliphatic carbocycles. The second-order valence-corrected chi connectivity index (χ2v) is 7.69. The van der Waals surface area contributed by atoms with Crippen LogP contribution >= 0.6 is 0 Å². The number of nitrogens with zero attached hydrogens (tertiary/aromatic N) is 3. The minimum absolute atomic E-state index is 0.0155. The predicted molar refractivity (Wildman–Crippen MR) is 121 cm³/mol. The molecule has 2 aliphatic heterocycles. The average molecular weight is 429 g/mol. The lowest BCUT2D eigenvalue weighted by Crippen LogP contribution is -2.42. The lowest BCUT2D eigenvalue weighted by molar-refractivity contribution is -0.119. The Kier molecular flexibility index (Phi) is 5.37. The number of rotatable bonds is 6. The van der Waals surface area contributed by atoms with Crippen molar-refractivity contribution < 1.29 is 19.1 Å². The van der Waals surface area contributed by atoms with Gasteiger partial charge in [-0.15, -0.1) is 0 Å². The third-order valence-corrected chi connectivity index (χ3v) is 5.64. The average Bonchev–Trinajstić information content (AvgIpc) is 3.45. The number of amides is 3. The number of carbonyl (C=O) groups is 2. The monoisotopic (exact) mass is 429 g/mol. The van der Waals surface area contributed by atoms with Crippen molar-refractivity contribution in [2.45, 2.75) is 6.54 Å². The number of ether oxygens (including phenoxy) is 2. The molecule has 1 fully saturated rings. The standard InChI is InChI=1S/C25H23N3O4/c29-24(28(20-9-5-2-6-10-20)16-19-7-3-1-4-8-19)17-26-13-14-27(25(26)30)21-11-12-22-23(15-21)32-18-31-22/h1-12,15H,13-14,16-18H2. The van der Waals surface area contributed by atoms with Crippen molar-refractivity contribution in [2.24, 2.45) is 0 Å². The van der Waals surface area contributed by atoms with Gasteiger partial charge in [0.15, 0.2) is 11.5 Å². The van der Waals surface area contributed by atoms with Crippen LogP contribution in [0.15, 0.2) is 78.9 Å². The molecule has 1 saturated heterocycles. The highest BCUT2D eigenvalue weighted by Crippen LogP contribution is 2.36. The van der Waals surface area contributed by atoms with Gasteiger partial charge in [0.25, 0.3) is 0 Å². The largest absolute Gasteiger partial charge is 0.454 e. The molecular weight excluding hydrogens is 406 g/mol. The summed E-state index contributed by atoms with van der Waals surface area (Å²) in [7, 11) is 0. The molecule has 0 atom stereocenters. The Hall–Kier alpha value is -4.00. The summed E-state index contributed by atoms with van der Waals surface area (Å²) in [6.45, 7) is 1.63. The van der Waals surface area contributed by atoms with Crippen LogP contribution in [0.2, 0.25) is 0 Å². The van der Waals surface area contributed by atoms with Gasteiger partial charge >= 0.3 is 6.03 Å². The molecule has 7 heteroatoms. The fourth-order valence-corrected chi connectivity index (χ4v) is 3.97. The van der Waals surface area contributed by atoms with Crippen LogP contribution in [0.5, 0.6) is 11.5 Å². The molecular formula is C25H23N3O4. The number of benzene rings is 3. The molecule has 3 aromatic rings. The highest BCUT2D eigenvalue weighted by atomic mass is 16.7. The summed E-state index contributed by atoms with van der Waals surface area (Å²) in [6.07, 6.45) is 0. The van der Waals surface area contributed by atoms with Crippen molar-refractivity contribution in [3.05, 3.63) is 84.4 Å². The fraction of sp³-hybridized carbons (Fsp3) is 0.200. The number of hydrogen-bond donors (Lipinski definition) is 0. The first-order valence-corrected chi connectivity index (χ1v) is 10.5. The number of anilines is 2. The zero-order chi connectivity index (χ0) is 21.9.